The van der Waals surface area contributed by atoms with Crippen molar-refractivity contribution in [2.75, 3.05) is 16.8 Å². The second kappa shape index (κ2) is 7.33. The van der Waals surface area contributed by atoms with E-state index in [0.717, 1.165) is 17.7 Å². The summed E-state index contributed by atoms with van der Waals surface area (Å²) in [5.41, 5.74) is 3.31. The molecular weight excluding hydrogens is 352 g/mol. The van der Waals surface area contributed by atoms with Crippen LogP contribution < -0.4 is 10.2 Å². The van der Waals surface area contributed by atoms with Gasteiger partial charge in [-0.15, -0.1) is 0 Å². The maximum Gasteiger partial charge on any atom is 0.276 e. The molecule has 1 N–H and O–H groups in total. The van der Waals surface area contributed by atoms with Gasteiger partial charge in [-0.05, 0) is 42.3 Å². The summed E-state index contributed by atoms with van der Waals surface area (Å²) < 4.78 is 0. The largest absolute Gasteiger partial charge is 0.321 e. The summed E-state index contributed by atoms with van der Waals surface area (Å²) >= 11 is 0. The first-order chi connectivity index (χ1) is 13.7. The molecule has 0 saturated heterocycles. The third-order valence-corrected chi connectivity index (χ3v) is 4.67. The monoisotopic (exact) mass is 368 g/mol. The van der Waals surface area contributed by atoms with Crippen LogP contribution in [0.2, 0.25) is 0 Å². The van der Waals surface area contributed by atoms with E-state index < -0.39 is 5.91 Å². The van der Waals surface area contributed by atoms with E-state index in [1.807, 2.05) is 30.3 Å². The van der Waals surface area contributed by atoms with Gasteiger partial charge in [0.2, 0.25) is 0 Å². The van der Waals surface area contributed by atoms with E-state index in [1.54, 1.807) is 35.2 Å². The van der Waals surface area contributed by atoms with Crippen molar-refractivity contribution in [3.8, 4) is 6.07 Å². The quantitative estimate of drug-likeness (QED) is 0.768. The summed E-state index contributed by atoms with van der Waals surface area (Å²) in [6.45, 7) is 0.589. The lowest BCUT2D eigenvalue weighted by atomic mass is 10.1. The molecule has 6 heteroatoms. The number of amides is 2. The molecule has 6 nitrogen and oxygen atoms in total. The highest BCUT2D eigenvalue weighted by Crippen LogP contribution is 2.28. The summed E-state index contributed by atoms with van der Waals surface area (Å²) in [7, 11) is 0. The minimum absolute atomic E-state index is 0.206. The van der Waals surface area contributed by atoms with Crippen LogP contribution in [-0.4, -0.2) is 23.3 Å². The van der Waals surface area contributed by atoms with E-state index >= 15 is 0 Å². The molecule has 1 aliphatic heterocycles. The number of hydrogen-bond acceptors (Lipinski definition) is 4. The Hall–Kier alpha value is -3.98. The Morgan fingerprint density at radius 1 is 1.07 bits per heavy atom. The number of carbonyl (C=O) groups is 2. The summed E-state index contributed by atoms with van der Waals surface area (Å²) in [5.74, 6) is -0.641. The molecule has 1 aliphatic rings. The number of para-hydroxylation sites is 2. The molecule has 0 atom stereocenters. The Balaban J connectivity index is 1.57. The molecule has 0 spiro atoms. The van der Waals surface area contributed by atoms with Crippen LogP contribution in [-0.2, 0) is 6.42 Å². The van der Waals surface area contributed by atoms with Crippen molar-refractivity contribution >= 4 is 23.2 Å². The maximum atomic E-state index is 12.9. The third-order valence-electron chi connectivity index (χ3n) is 4.67. The normalized spacial score (nSPS) is 12.2. The standard InChI is InChI=1S/C22H16N4O2/c23-14-17-6-1-3-7-18(17)25-21(27)16-9-11-24-19(13-16)22(28)26-12-10-15-5-2-4-8-20(15)26/h1-9,11,13H,10,12H2,(H,25,27). The Morgan fingerprint density at radius 2 is 1.86 bits per heavy atom. The highest BCUT2D eigenvalue weighted by atomic mass is 16.2. The van der Waals surface area contributed by atoms with E-state index in [0.29, 0.717) is 23.4 Å². The van der Waals surface area contributed by atoms with Gasteiger partial charge in [0.05, 0.1) is 11.3 Å². The fourth-order valence-electron chi connectivity index (χ4n) is 3.26. The molecule has 28 heavy (non-hydrogen) atoms. The molecule has 0 bridgehead atoms. The van der Waals surface area contributed by atoms with Crippen LogP contribution in [0.25, 0.3) is 0 Å². The van der Waals surface area contributed by atoms with Gasteiger partial charge in [-0.3, -0.25) is 14.6 Å². The number of aromatic nitrogens is 1. The molecule has 136 valence electrons. The van der Waals surface area contributed by atoms with Crippen LogP contribution in [0, 0.1) is 11.3 Å². The average Bonchev–Trinajstić information content (AvgIpc) is 3.18. The Kier molecular flexibility index (Phi) is 4.56. The molecule has 0 radical (unpaired) electrons. The molecule has 4 rings (SSSR count). The van der Waals surface area contributed by atoms with Gasteiger partial charge in [0, 0.05) is 24.0 Å². The van der Waals surface area contributed by atoms with Crippen molar-refractivity contribution in [2.45, 2.75) is 6.42 Å². The number of fused-ring (bicyclic) bond motifs is 1. The molecule has 2 heterocycles. The highest BCUT2D eigenvalue weighted by Gasteiger charge is 2.26. The zero-order valence-electron chi connectivity index (χ0n) is 14.9. The van der Waals surface area contributed by atoms with Crippen molar-refractivity contribution in [1.82, 2.24) is 4.98 Å². The molecular formula is C22H16N4O2. The van der Waals surface area contributed by atoms with Crippen molar-refractivity contribution in [2.24, 2.45) is 0 Å². The molecule has 1 aromatic heterocycles. The molecule has 0 unspecified atom stereocenters. The fourth-order valence-corrected chi connectivity index (χ4v) is 3.26. The SMILES string of the molecule is N#Cc1ccccc1NC(=O)c1ccnc(C(=O)N2CCc3ccccc32)c1. The number of carbonyl (C=O) groups excluding carboxylic acids is 2. The zero-order chi connectivity index (χ0) is 19.5. The van der Waals surface area contributed by atoms with E-state index in [1.165, 1.54) is 12.3 Å². The Labute approximate surface area is 162 Å². The first-order valence-electron chi connectivity index (χ1n) is 8.83. The lowest BCUT2D eigenvalue weighted by molar-refractivity contribution is 0.0984. The predicted octanol–water partition coefficient (Wildman–Crippen LogP) is 3.41. The topological polar surface area (TPSA) is 86.1 Å². The van der Waals surface area contributed by atoms with Gasteiger partial charge < -0.3 is 10.2 Å². The smallest absolute Gasteiger partial charge is 0.276 e. The number of nitrogens with zero attached hydrogens (tertiary/aromatic N) is 3. The van der Waals surface area contributed by atoms with Gasteiger partial charge in [-0.25, -0.2) is 0 Å². The van der Waals surface area contributed by atoms with Gasteiger partial charge in [-0.1, -0.05) is 30.3 Å². The average molecular weight is 368 g/mol. The van der Waals surface area contributed by atoms with Gasteiger partial charge in [-0.2, -0.15) is 5.26 Å². The summed E-state index contributed by atoms with van der Waals surface area (Å²) in [6, 6.07) is 19.6. The number of nitriles is 1. The predicted molar refractivity (Wildman–Crippen MR) is 105 cm³/mol. The molecule has 0 aliphatic carbocycles. The molecule has 2 aromatic carbocycles. The number of benzene rings is 2. The van der Waals surface area contributed by atoms with E-state index in [4.69, 9.17) is 5.26 Å². The van der Waals surface area contributed by atoms with E-state index in [-0.39, 0.29) is 11.6 Å². The summed E-state index contributed by atoms with van der Waals surface area (Å²) in [4.78, 5) is 31.4. The molecule has 0 saturated carbocycles. The van der Waals surface area contributed by atoms with Crippen molar-refractivity contribution in [3.05, 3.63) is 89.2 Å². The maximum absolute atomic E-state index is 12.9. The van der Waals surface area contributed by atoms with Crippen LogP contribution in [0.3, 0.4) is 0 Å². The number of hydrogen-bond donors (Lipinski definition) is 1. The zero-order valence-corrected chi connectivity index (χ0v) is 14.9. The van der Waals surface area contributed by atoms with Crippen molar-refractivity contribution in [1.29, 1.82) is 5.26 Å². The van der Waals surface area contributed by atoms with Crippen LogP contribution in [0.1, 0.15) is 32.0 Å². The van der Waals surface area contributed by atoms with Crippen LogP contribution in [0.5, 0.6) is 0 Å². The highest BCUT2D eigenvalue weighted by molar-refractivity contribution is 6.09. The fraction of sp³-hybridized carbons (Fsp3) is 0.0909. The van der Waals surface area contributed by atoms with Crippen molar-refractivity contribution in [3.63, 3.8) is 0 Å². The van der Waals surface area contributed by atoms with Crippen molar-refractivity contribution < 1.29 is 9.59 Å². The van der Waals surface area contributed by atoms with Gasteiger partial charge in [0.1, 0.15) is 11.8 Å². The van der Waals surface area contributed by atoms with E-state index in [2.05, 4.69) is 10.3 Å². The number of pyridine rings is 1. The minimum atomic E-state index is -0.402. The Bertz CT molecular complexity index is 1120. The first kappa shape index (κ1) is 17.4. The summed E-state index contributed by atoms with van der Waals surface area (Å²) in [6.07, 6.45) is 2.24. The second-order valence-corrected chi connectivity index (χ2v) is 6.38. The van der Waals surface area contributed by atoms with Crippen LogP contribution >= 0.6 is 0 Å². The first-order valence-corrected chi connectivity index (χ1v) is 8.83. The van der Waals surface area contributed by atoms with Gasteiger partial charge >= 0.3 is 0 Å². The lowest BCUT2D eigenvalue weighted by Gasteiger charge is -2.17. The number of rotatable bonds is 3. The van der Waals surface area contributed by atoms with E-state index in [9.17, 15) is 9.59 Å². The molecule has 2 amide bonds. The third kappa shape index (κ3) is 3.21. The number of nitrogens with one attached hydrogen (secondary N) is 1. The van der Waals surface area contributed by atoms with Crippen LogP contribution in [0.15, 0.2) is 66.9 Å². The molecule has 3 aromatic rings. The van der Waals surface area contributed by atoms with Crippen LogP contribution in [0.4, 0.5) is 11.4 Å². The van der Waals surface area contributed by atoms with Gasteiger partial charge in [0.25, 0.3) is 11.8 Å². The van der Waals surface area contributed by atoms with Gasteiger partial charge in [0.15, 0.2) is 0 Å². The minimum Gasteiger partial charge on any atom is -0.321 e. The lowest BCUT2D eigenvalue weighted by Crippen LogP contribution is -2.30. The Morgan fingerprint density at radius 3 is 2.71 bits per heavy atom. The second-order valence-electron chi connectivity index (χ2n) is 6.38. The number of anilines is 2. The summed E-state index contributed by atoms with van der Waals surface area (Å²) in [5, 5.41) is 11.9. The molecule has 0 fully saturated rings.